The molecule has 0 bridgehead atoms. The van der Waals surface area contributed by atoms with Gasteiger partial charge in [-0.25, -0.2) is 0 Å². The van der Waals surface area contributed by atoms with Crippen molar-refractivity contribution in [3.63, 3.8) is 0 Å². The number of rotatable bonds is 2. The number of piperidine rings is 1. The van der Waals surface area contributed by atoms with Crippen LogP contribution in [0, 0.1) is 17.0 Å². The molecule has 6 nitrogen and oxygen atoms in total. The zero-order chi connectivity index (χ0) is 14.3. The average Bonchev–Trinajstić information content (AvgIpc) is 2.77. The Morgan fingerprint density at radius 1 is 1.40 bits per heavy atom. The normalized spacial score (nSPS) is 26.1. The molecular weight excluding hydrogens is 258 g/mol. The predicted octanol–water partition coefficient (Wildman–Crippen LogP) is 1.89. The van der Waals surface area contributed by atoms with Crippen LogP contribution in [0.4, 0.5) is 5.69 Å². The number of benzene rings is 1. The van der Waals surface area contributed by atoms with E-state index in [-0.39, 0.29) is 28.7 Å². The van der Waals surface area contributed by atoms with E-state index >= 15 is 0 Å². The lowest BCUT2D eigenvalue weighted by molar-refractivity contribution is -0.385. The van der Waals surface area contributed by atoms with Gasteiger partial charge in [-0.2, -0.15) is 0 Å². The first kappa shape index (κ1) is 13.1. The van der Waals surface area contributed by atoms with E-state index in [9.17, 15) is 14.9 Å². The number of nitro groups is 1. The van der Waals surface area contributed by atoms with E-state index in [1.54, 1.807) is 19.1 Å². The van der Waals surface area contributed by atoms with E-state index in [1.165, 1.54) is 0 Å². The Balaban J connectivity index is 1.95. The van der Waals surface area contributed by atoms with Gasteiger partial charge in [-0.1, -0.05) is 18.6 Å². The Labute approximate surface area is 116 Å². The highest BCUT2D eigenvalue weighted by Gasteiger charge is 2.41. The van der Waals surface area contributed by atoms with Gasteiger partial charge in [0.2, 0.25) is 5.91 Å². The average molecular weight is 275 g/mol. The molecule has 20 heavy (non-hydrogen) atoms. The second-order valence-corrected chi connectivity index (χ2v) is 5.46. The minimum absolute atomic E-state index is 0.0397. The maximum Gasteiger partial charge on any atom is 0.272 e. The van der Waals surface area contributed by atoms with Gasteiger partial charge in [0.25, 0.3) is 5.69 Å². The molecule has 0 radical (unpaired) electrons. The van der Waals surface area contributed by atoms with E-state index in [0.29, 0.717) is 5.56 Å². The highest BCUT2D eigenvalue weighted by atomic mass is 16.6. The van der Waals surface area contributed by atoms with Gasteiger partial charge in [-0.15, -0.1) is 0 Å². The third-order valence-electron chi connectivity index (χ3n) is 4.20. The SMILES string of the molecule is Cc1ccc(C2NC(=O)C3CCCCN32)cc1[N+](=O)[O-]. The van der Waals surface area contributed by atoms with Crippen LogP contribution in [0.2, 0.25) is 0 Å². The van der Waals surface area contributed by atoms with Crippen LogP contribution in [0.15, 0.2) is 18.2 Å². The number of nitro benzene ring substituents is 1. The second-order valence-electron chi connectivity index (χ2n) is 5.46. The lowest BCUT2D eigenvalue weighted by Gasteiger charge is -2.31. The summed E-state index contributed by atoms with van der Waals surface area (Å²) in [5.41, 5.74) is 1.54. The fourth-order valence-electron chi connectivity index (χ4n) is 3.13. The van der Waals surface area contributed by atoms with Gasteiger partial charge in [0.05, 0.1) is 11.0 Å². The topological polar surface area (TPSA) is 75.5 Å². The van der Waals surface area contributed by atoms with E-state index in [2.05, 4.69) is 10.2 Å². The smallest absolute Gasteiger partial charge is 0.272 e. The van der Waals surface area contributed by atoms with Gasteiger partial charge >= 0.3 is 0 Å². The molecule has 2 aliphatic rings. The van der Waals surface area contributed by atoms with Crippen molar-refractivity contribution in [2.75, 3.05) is 6.54 Å². The van der Waals surface area contributed by atoms with E-state index in [1.807, 2.05) is 6.07 Å². The zero-order valence-corrected chi connectivity index (χ0v) is 11.3. The standard InChI is InChI=1S/C14H17N3O3/c1-9-5-6-10(8-12(9)17(19)20)13-15-14(18)11-4-2-3-7-16(11)13/h5-6,8,11,13H,2-4,7H2,1H3,(H,15,18). The van der Waals surface area contributed by atoms with E-state index in [0.717, 1.165) is 31.4 Å². The van der Waals surface area contributed by atoms with Crippen LogP contribution in [0.25, 0.3) is 0 Å². The Hall–Kier alpha value is -1.95. The van der Waals surface area contributed by atoms with E-state index in [4.69, 9.17) is 0 Å². The first-order chi connectivity index (χ1) is 9.58. The van der Waals surface area contributed by atoms with Gasteiger partial charge in [0, 0.05) is 18.2 Å². The van der Waals surface area contributed by atoms with Crippen molar-refractivity contribution in [1.82, 2.24) is 10.2 Å². The Bertz CT molecular complexity index is 573. The zero-order valence-electron chi connectivity index (χ0n) is 11.3. The molecule has 2 aliphatic heterocycles. The van der Waals surface area contributed by atoms with Crippen molar-refractivity contribution >= 4 is 11.6 Å². The molecule has 1 aromatic carbocycles. The summed E-state index contributed by atoms with van der Waals surface area (Å²) >= 11 is 0. The van der Waals surface area contributed by atoms with Crippen molar-refractivity contribution < 1.29 is 9.72 Å². The molecule has 3 rings (SSSR count). The molecule has 0 aliphatic carbocycles. The highest BCUT2D eigenvalue weighted by molar-refractivity contribution is 5.84. The van der Waals surface area contributed by atoms with Crippen molar-refractivity contribution in [1.29, 1.82) is 0 Å². The predicted molar refractivity (Wildman–Crippen MR) is 73.1 cm³/mol. The number of hydrogen-bond donors (Lipinski definition) is 1. The largest absolute Gasteiger partial charge is 0.335 e. The van der Waals surface area contributed by atoms with Crippen molar-refractivity contribution in [3.05, 3.63) is 39.4 Å². The number of carbonyl (C=O) groups is 1. The number of hydrogen-bond acceptors (Lipinski definition) is 4. The summed E-state index contributed by atoms with van der Waals surface area (Å²) in [5.74, 6) is 0.0397. The summed E-state index contributed by atoms with van der Waals surface area (Å²) in [5, 5.41) is 14.0. The number of aryl methyl sites for hydroxylation is 1. The molecule has 0 spiro atoms. The summed E-state index contributed by atoms with van der Waals surface area (Å²) in [7, 11) is 0. The Morgan fingerprint density at radius 3 is 2.95 bits per heavy atom. The number of amides is 1. The fourth-order valence-corrected chi connectivity index (χ4v) is 3.13. The summed E-state index contributed by atoms with van der Waals surface area (Å²) in [6, 6.07) is 5.12. The van der Waals surface area contributed by atoms with Crippen LogP contribution < -0.4 is 5.32 Å². The van der Waals surface area contributed by atoms with Crippen LogP contribution in [-0.4, -0.2) is 28.3 Å². The molecule has 2 fully saturated rings. The molecular formula is C14H17N3O3. The minimum Gasteiger partial charge on any atom is -0.335 e. The first-order valence-corrected chi connectivity index (χ1v) is 6.89. The molecule has 0 aromatic heterocycles. The molecule has 1 amide bonds. The van der Waals surface area contributed by atoms with Crippen LogP contribution in [0.5, 0.6) is 0 Å². The number of fused-ring (bicyclic) bond motifs is 1. The van der Waals surface area contributed by atoms with Crippen LogP contribution in [-0.2, 0) is 4.79 Å². The Morgan fingerprint density at radius 2 is 2.20 bits per heavy atom. The van der Waals surface area contributed by atoms with Crippen LogP contribution in [0.1, 0.15) is 36.6 Å². The maximum absolute atomic E-state index is 12.0. The molecule has 2 atom stereocenters. The summed E-state index contributed by atoms with van der Waals surface area (Å²) in [4.78, 5) is 24.8. The van der Waals surface area contributed by atoms with E-state index < -0.39 is 0 Å². The van der Waals surface area contributed by atoms with Crippen molar-refractivity contribution in [2.45, 2.75) is 38.4 Å². The van der Waals surface area contributed by atoms with Gasteiger partial charge in [0.15, 0.2) is 0 Å². The lowest BCUT2D eigenvalue weighted by atomic mass is 10.0. The molecule has 2 unspecified atom stereocenters. The van der Waals surface area contributed by atoms with Gasteiger partial charge in [-0.3, -0.25) is 19.8 Å². The molecule has 6 heteroatoms. The molecule has 106 valence electrons. The third kappa shape index (κ3) is 2.06. The second kappa shape index (κ2) is 4.86. The van der Waals surface area contributed by atoms with Gasteiger partial charge in [0.1, 0.15) is 6.17 Å². The van der Waals surface area contributed by atoms with Gasteiger partial charge in [-0.05, 0) is 25.3 Å². The molecule has 1 N–H and O–H groups in total. The van der Waals surface area contributed by atoms with Crippen molar-refractivity contribution in [2.24, 2.45) is 0 Å². The monoisotopic (exact) mass is 275 g/mol. The molecule has 1 aromatic rings. The number of nitrogens with one attached hydrogen (secondary N) is 1. The number of nitrogens with zero attached hydrogens (tertiary/aromatic N) is 2. The summed E-state index contributed by atoms with van der Waals surface area (Å²) < 4.78 is 0. The molecule has 2 heterocycles. The lowest BCUT2D eigenvalue weighted by Crippen LogP contribution is -2.38. The number of carbonyl (C=O) groups excluding carboxylic acids is 1. The quantitative estimate of drug-likeness (QED) is 0.660. The highest BCUT2D eigenvalue weighted by Crippen LogP contribution is 2.33. The molecule has 2 saturated heterocycles. The maximum atomic E-state index is 12.0. The van der Waals surface area contributed by atoms with Crippen LogP contribution >= 0.6 is 0 Å². The minimum atomic E-state index is -0.372. The Kier molecular flexibility index (Phi) is 3.17. The van der Waals surface area contributed by atoms with Crippen molar-refractivity contribution in [3.8, 4) is 0 Å². The molecule has 0 saturated carbocycles. The van der Waals surface area contributed by atoms with Gasteiger partial charge < -0.3 is 5.32 Å². The fraction of sp³-hybridized carbons (Fsp3) is 0.500. The first-order valence-electron chi connectivity index (χ1n) is 6.89. The third-order valence-corrected chi connectivity index (χ3v) is 4.20. The van der Waals surface area contributed by atoms with Crippen LogP contribution in [0.3, 0.4) is 0 Å². The summed E-state index contributed by atoms with van der Waals surface area (Å²) in [6.07, 6.45) is 2.77. The summed E-state index contributed by atoms with van der Waals surface area (Å²) in [6.45, 7) is 2.58.